The van der Waals surface area contributed by atoms with Gasteiger partial charge in [0.15, 0.2) is 0 Å². The molecule has 1 aliphatic rings. The first-order valence-electron chi connectivity index (χ1n) is 7.34. The van der Waals surface area contributed by atoms with Crippen LogP contribution in [0.5, 0.6) is 0 Å². The van der Waals surface area contributed by atoms with Crippen LogP contribution in [-0.4, -0.2) is 49.0 Å². The summed E-state index contributed by atoms with van der Waals surface area (Å²) in [6.45, 7) is 6.58. The van der Waals surface area contributed by atoms with E-state index in [0.717, 1.165) is 24.8 Å². The summed E-state index contributed by atoms with van der Waals surface area (Å²) in [7, 11) is 1.61. The van der Waals surface area contributed by atoms with Gasteiger partial charge in [-0.2, -0.15) is 0 Å². The fourth-order valence-electron chi connectivity index (χ4n) is 2.62. The molecule has 1 fully saturated rings. The van der Waals surface area contributed by atoms with E-state index in [9.17, 15) is 4.79 Å². The Hall–Kier alpha value is -1.62. The van der Waals surface area contributed by atoms with Gasteiger partial charge < -0.3 is 15.5 Å². The molecule has 0 saturated carbocycles. The smallest absolute Gasteiger partial charge is 0.269 e. The van der Waals surface area contributed by atoms with Gasteiger partial charge in [0, 0.05) is 26.7 Å². The standard InChI is InChI=1S/C15H24N4O/c1-12-5-4-9-19(11-12)10-8-17-14-7-3-6-13(18-14)15(20)16-2/h3,6-7,12H,4-5,8-11H2,1-2H3,(H,16,20)(H,17,18)/t12-/m1/s1. The van der Waals surface area contributed by atoms with Crippen LogP contribution in [0.2, 0.25) is 0 Å². The number of piperidine rings is 1. The van der Waals surface area contributed by atoms with E-state index >= 15 is 0 Å². The average Bonchev–Trinajstić information content (AvgIpc) is 2.47. The summed E-state index contributed by atoms with van der Waals surface area (Å²) < 4.78 is 0. The van der Waals surface area contributed by atoms with Crippen molar-refractivity contribution in [3.8, 4) is 0 Å². The van der Waals surface area contributed by atoms with Gasteiger partial charge in [0.05, 0.1) is 0 Å². The average molecular weight is 276 g/mol. The van der Waals surface area contributed by atoms with Gasteiger partial charge in [-0.25, -0.2) is 4.98 Å². The van der Waals surface area contributed by atoms with Gasteiger partial charge in [-0.1, -0.05) is 13.0 Å². The van der Waals surface area contributed by atoms with Crippen LogP contribution in [0.25, 0.3) is 0 Å². The Morgan fingerprint density at radius 3 is 3.10 bits per heavy atom. The molecule has 1 aromatic heterocycles. The first-order chi connectivity index (χ1) is 9.69. The van der Waals surface area contributed by atoms with Crippen LogP contribution in [0.4, 0.5) is 5.82 Å². The second-order valence-electron chi connectivity index (χ2n) is 5.46. The second-order valence-corrected chi connectivity index (χ2v) is 5.46. The van der Waals surface area contributed by atoms with Gasteiger partial charge in [0.25, 0.3) is 5.91 Å². The maximum absolute atomic E-state index is 11.5. The third-order valence-corrected chi connectivity index (χ3v) is 3.68. The quantitative estimate of drug-likeness (QED) is 0.857. The molecule has 1 aromatic rings. The topological polar surface area (TPSA) is 57.3 Å². The summed E-state index contributed by atoms with van der Waals surface area (Å²) in [4.78, 5) is 18.3. The van der Waals surface area contributed by atoms with E-state index < -0.39 is 0 Å². The molecule has 1 saturated heterocycles. The van der Waals surface area contributed by atoms with Crippen molar-refractivity contribution in [3.05, 3.63) is 23.9 Å². The third-order valence-electron chi connectivity index (χ3n) is 3.68. The Bertz CT molecular complexity index is 449. The van der Waals surface area contributed by atoms with Crippen LogP contribution < -0.4 is 10.6 Å². The lowest BCUT2D eigenvalue weighted by atomic mass is 10.0. The lowest BCUT2D eigenvalue weighted by Gasteiger charge is -2.30. The minimum absolute atomic E-state index is 0.154. The summed E-state index contributed by atoms with van der Waals surface area (Å²) in [6.07, 6.45) is 2.64. The maximum atomic E-state index is 11.5. The summed E-state index contributed by atoms with van der Waals surface area (Å²) in [6, 6.07) is 5.46. The van der Waals surface area contributed by atoms with Crippen molar-refractivity contribution in [2.24, 2.45) is 5.92 Å². The van der Waals surface area contributed by atoms with E-state index in [4.69, 9.17) is 0 Å². The number of nitrogens with one attached hydrogen (secondary N) is 2. The van der Waals surface area contributed by atoms with Crippen molar-refractivity contribution in [1.82, 2.24) is 15.2 Å². The Labute approximate surface area is 120 Å². The van der Waals surface area contributed by atoms with E-state index in [0.29, 0.717) is 5.69 Å². The highest BCUT2D eigenvalue weighted by Gasteiger charge is 2.15. The molecule has 2 heterocycles. The molecule has 2 rings (SSSR count). The molecule has 1 aliphatic heterocycles. The lowest BCUT2D eigenvalue weighted by molar-refractivity contribution is 0.0958. The third kappa shape index (κ3) is 4.20. The number of hydrogen-bond acceptors (Lipinski definition) is 4. The predicted molar refractivity (Wildman–Crippen MR) is 81.0 cm³/mol. The summed E-state index contributed by atoms with van der Waals surface area (Å²) in [5.41, 5.74) is 0.448. The number of amides is 1. The largest absolute Gasteiger partial charge is 0.369 e. The molecule has 0 radical (unpaired) electrons. The highest BCUT2D eigenvalue weighted by Crippen LogP contribution is 2.14. The number of carbonyl (C=O) groups excluding carboxylic acids is 1. The Balaban J connectivity index is 1.80. The second kappa shape index (κ2) is 7.24. The molecule has 110 valence electrons. The number of anilines is 1. The number of carbonyl (C=O) groups is 1. The summed E-state index contributed by atoms with van der Waals surface area (Å²) in [5, 5.41) is 5.88. The Kier molecular flexibility index (Phi) is 5.35. The molecule has 2 N–H and O–H groups in total. The minimum atomic E-state index is -0.154. The van der Waals surface area contributed by atoms with Crippen molar-refractivity contribution < 1.29 is 4.79 Å². The Morgan fingerprint density at radius 1 is 1.50 bits per heavy atom. The summed E-state index contributed by atoms with van der Waals surface area (Å²) in [5.74, 6) is 1.41. The fraction of sp³-hybridized carbons (Fsp3) is 0.600. The molecule has 0 bridgehead atoms. The minimum Gasteiger partial charge on any atom is -0.369 e. The Morgan fingerprint density at radius 2 is 2.35 bits per heavy atom. The number of likely N-dealkylation sites (tertiary alicyclic amines) is 1. The van der Waals surface area contributed by atoms with Crippen LogP contribution in [0.3, 0.4) is 0 Å². The van der Waals surface area contributed by atoms with Gasteiger partial charge in [0.1, 0.15) is 11.5 Å². The van der Waals surface area contributed by atoms with Gasteiger partial charge in [-0.3, -0.25) is 4.79 Å². The van der Waals surface area contributed by atoms with E-state index in [1.807, 2.05) is 12.1 Å². The molecular weight excluding hydrogens is 252 g/mol. The van der Waals surface area contributed by atoms with Gasteiger partial charge in [-0.05, 0) is 37.4 Å². The molecule has 0 unspecified atom stereocenters. The van der Waals surface area contributed by atoms with Crippen molar-refractivity contribution in [2.45, 2.75) is 19.8 Å². The van der Waals surface area contributed by atoms with Gasteiger partial charge in [0.2, 0.25) is 0 Å². The monoisotopic (exact) mass is 276 g/mol. The van der Waals surface area contributed by atoms with Crippen molar-refractivity contribution in [2.75, 3.05) is 38.5 Å². The van der Waals surface area contributed by atoms with E-state index in [2.05, 4.69) is 27.4 Å². The molecule has 0 aromatic carbocycles. The molecule has 1 amide bonds. The van der Waals surface area contributed by atoms with Crippen LogP contribution in [0.1, 0.15) is 30.3 Å². The van der Waals surface area contributed by atoms with Crippen molar-refractivity contribution in [1.29, 1.82) is 0 Å². The van der Waals surface area contributed by atoms with Crippen LogP contribution in [0.15, 0.2) is 18.2 Å². The predicted octanol–water partition coefficient (Wildman–Crippen LogP) is 1.58. The molecule has 0 aliphatic carbocycles. The number of rotatable bonds is 5. The lowest BCUT2D eigenvalue weighted by Crippen LogP contribution is -2.37. The molecule has 0 spiro atoms. The summed E-state index contributed by atoms with van der Waals surface area (Å²) >= 11 is 0. The van der Waals surface area contributed by atoms with Crippen molar-refractivity contribution >= 4 is 11.7 Å². The molecule has 1 atom stereocenters. The normalized spacial score (nSPS) is 19.6. The van der Waals surface area contributed by atoms with Gasteiger partial charge in [-0.15, -0.1) is 0 Å². The molecule has 5 nitrogen and oxygen atoms in total. The maximum Gasteiger partial charge on any atom is 0.269 e. The number of nitrogens with zero attached hydrogens (tertiary/aromatic N) is 2. The zero-order chi connectivity index (χ0) is 14.4. The zero-order valence-corrected chi connectivity index (χ0v) is 12.4. The molecular formula is C15H24N4O. The van der Waals surface area contributed by atoms with Gasteiger partial charge >= 0.3 is 0 Å². The highest BCUT2D eigenvalue weighted by molar-refractivity contribution is 5.92. The van der Waals surface area contributed by atoms with E-state index in [-0.39, 0.29) is 5.91 Å². The number of pyridine rings is 1. The van der Waals surface area contributed by atoms with Crippen LogP contribution in [-0.2, 0) is 0 Å². The van der Waals surface area contributed by atoms with E-state index in [1.54, 1.807) is 13.1 Å². The SMILES string of the molecule is CNC(=O)c1cccc(NCCN2CCC[C@@H](C)C2)n1. The highest BCUT2D eigenvalue weighted by atomic mass is 16.1. The molecule has 20 heavy (non-hydrogen) atoms. The molecule has 5 heteroatoms. The van der Waals surface area contributed by atoms with E-state index in [1.165, 1.54) is 25.9 Å². The van der Waals surface area contributed by atoms with Crippen LogP contribution >= 0.6 is 0 Å². The van der Waals surface area contributed by atoms with Crippen molar-refractivity contribution in [3.63, 3.8) is 0 Å². The first-order valence-corrected chi connectivity index (χ1v) is 7.34. The first kappa shape index (κ1) is 14.8. The number of hydrogen-bond donors (Lipinski definition) is 2. The zero-order valence-electron chi connectivity index (χ0n) is 12.4. The fourth-order valence-corrected chi connectivity index (χ4v) is 2.62. The van der Waals surface area contributed by atoms with Crippen LogP contribution in [0, 0.1) is 5.92 Å². The number of aromatic nitrogens is 1.